The van der Waals surface area contributed by atoms with Crippen LogP contribution in [-0.4, -0.2) is 43.3 Å². The average molecular weight is 355 g/mol. The van der Waals surface area contributed by atoms with Crippen LogP contribution >= 0.6 is 0 Å². The van der Waals surface area contributed by atoms with Crippen molar-refractivity contribution < 1.29 is 12.3 Å². The van der Waals surface area contributed by atoms with Crippen LogP contribution in [0.5, 0.6) is 0 Å². The first-order valence-electron chi connectivity index (χ1n) is 7.24. The van der Waals surface area contributed by atoms with Gasteiger partial charge in [-0.05, 0) is 71.1 Å². The Balaban J connectivity index is 4.31. The molecule has 0 aromatic carbocycles. The van der Waals surface area contributed by atoms with Gasteiger partial charge in [-0.3, -0.25) is 0 Å². The molecule has 0 aromatic rings. The van der Waals surface area contributed by atoms with Gasteiger partial charge in [0.25, 0.3) is 9.28 Å². The molecule has 116 valence electrons. The largest absolute Gasteiger partial charge is 0.458 e. The summed E-state index contributed by atoms with van der Waals surface area (Å²) in [6.07, 6.45) is 0. The number of rotatable bonds is 8. The lowest BCUT2D eigenvalue weighted by molar-refractivity contribution is 0.426. The first-order valence-corrected chi connectivity index (χ1v) is 21.7. The van der Waals surface area contributed by atoms with E-state index in [1.54, 1.807) is 0 Å². The van der Waals surface area contributed by atoms with Crippen LogP contribution in [0.25, 0.3) is 0 Å². The molecule has 2 atom stereocenters. The molecule has 0 aliphatic carbocycles. The molecule has 0 fully saturated rings. The zero-order chi connectivity index (χ0) is 15.5. The summed E-state index contributed by atoms with van der Waals surface area (Å²) in [6, 6.07) is 0. The predicted octanol–water partition coefficient (Wildman–Crippen LogP) is 3.65. The van der Waals surface area contributed by atoms with Gasteiger partial charge in [-0.1, -0.05) is 0 Å². The van der Waals surface area contributed by atoms with Gasteiger partial charge in [0.2, 0.25) is 0 Å². The molecular formula is C11H34O3Si5. The second kappa shape index (κ2) is 7.30. The summed E-state index contributed by atoms with van der Waals surface area (Å²) in [6.45, 7) is 22.7. The summed E-state index contributed by atoms with van der Waals surface area (Å²) in [5.74, 6) is 0. The fourth-order valence-corrected chi connectivity index (χ4v) is 23.3. The third-order valence-corrected chi connectivity index (χ3v) is 21.0. The average Bonchev–Trinajstić information content (AvgIpc) is 1.89. The van der Waals surface area contributed by atoms with Gasteiger partial charge in [0.15, 0.2) is 34.0 Å². The molecule has 0 N–H and O–H groups in total. The van der Waals surface area contributed by atoms with E-state index in [1.165, 1.54) is 5.67 Å². The molecule has 0 bridgehead atoms. The van der Waals surface area contributed by atoms with E-state index in [9.17, 15) is 0 Å². The second-order valence-electron chi connectivity index (χ2n) is 7.92. The fraction of sp³-hybridized carbons (Fsp3) is 1.00. The van der Waals surface area contributed by atoms with Crippen molar-refractivity contribution in [3.05, 3.63) is 0 Å². The maximum atomic E-state index is 6.36. The van der Waals surface area contributed by atoms with Crippen LogP contribution in [-0.2, 0) is 12.3 Å². The maximum Gasteiger partial charge on any atom is 0.297 e. The Labute approximate surface area is 127 Å². The van der Waals surface area contributed by atoms with Crippen LogP contribution in [0.4, 0.5) is 0 Å². The molecule has 0 aliphatic heterocycles. The minimum absolute atomic E-state index is 1.09. The lowest BCUT2D eigenvalue weighted by Crippen LogP contribution is -2.46. The van der Waals surface area contributed by atoms with E-state index in [0.29, 0.717) is 0 Å². The number of hydrogen-bond donors (Lipinski definition) is 0. The zero-order valence-corrected chi connectivity index (χ0v) is 19.9. The van der Waals surface area contributed by atoms with Gasteiger partial charge in [0, 0.05) is 0 Å². The van der Waals surface area contributed by atoms with Gasteiger partial charge < -0.3 is 12.3 Å². The highest BCUT2D eigenvalue weighted by Crippen LogP contribution is 2.19. The Morgan fingerprint density at radius 1 is 0.684 bits per heavy atom. The Kier molecular flexibility index (Phi) is 7.67. The molecular weight excluding hydrogens is 321 g/mol. The number of hydrogen-bond acceptors (Lipinski definition) is 3. The van der Waals surface area contributed by atoms with Crippen molar-refractivity contribution in [1.29, 1.82) is 0 Å². The first kappa shape index (κ1) is 20.0. The quantitative estimate of drug-likeness (QED) is 0.623. The van der Waals surface area contributed by atoms with Crippen molar-refractivity contribution in [1.82, 2.24) is 0 Å². The van der Waals surface area contributed by atoms with E-state index < -0.39 is 43.3 Å². The van der Waals surface area contributed by atoms with Crippen molar-refractivity contribution in [3.8, 4) is 0 Å². The minimum Gasteiger partial charge on any atom is -0.458 e. The summed E-state index contributed by atoms with van der Waals surface area (Å²) in [4.78, 5) is 0. The lowest BCUT2D eigenvalue weighted by Gasteiger charge is -2.33. The minimum atomic E-state index is -1.61. The third kappa shape index (κ3) is 12.4. The maximum absolute atomic E-state index is 6.36. The van der Waals surface area contributed by atoms with E-state index in [-0.39, 0.29) is 0 Å². The van der Waals surface area contributed by atoms with Crippen LogP contribution < -0.4 is 0 Å². The molecule has 2 unspecified atom stereocenters. The van der Waals surface area contributed by atoms with Gasteiger partial charge in [0.1, 0.15) is 0 Å². The standard InChI is InChI=1S/C11H34O3Si5/c1-15(12-17(3,4)5)11-19(9,10)14-16(2)13-18(6,7)8/h15-16H,11H2,1-10H3. The smallest absolute Gasteiger partial charge is 0.297 e. The first-order chi connectivity index (χ1) is 8.20. The summed E-state index contributed by atoms with van der Waals surface area (Å²) >= 11 is 0. The molecule has 8 heteroatoms. The molecule has 3 nitrogen and oxygen atoms in total. The highest BCUT2D eigenvalue weighted by atomic mass is 28.5. The molecule has 0 heterocycles. The Morgan fingerprint density at radius 2 is 1.11 bits per heavy atom. The Morgan fingerprint density at radius 3 is 1.47 bits per heavy atom. The molecule has 0 spiro atoms. The van der Waals surface area contributed by atoms with Crippen molar-refractivity contribution >= 4 is 43.3 Å². The van der Waals surface area contributed by atoms with Crippen molar-refractivity contribution in [3.63, 3.8) is 0 Å². The van der Waals surface area contributed by atoms with Crippen molar-refractivity contribution in [2.45, 2.75) is 71.1 Å². The van der Waals surface area contributed by atoms with E-state index in [1.807, 2.05) is 0 Å². The van der Waals surface area contributed by atoms with Crippen LogP contribution in [0.1, 0.15) is 0 Å². The van der Waals surface area contributed by atoms with E-state index in [0.717, 1.165) is 0 Å². The highest BCUT2D eigenvalue weighted by Gasteiger charge is 2.32. The normalized spacial score (nSPS) is 17.4. The van der Waals surface area contributed by atoms with Gasteiger partial charge in [0.05, 0.1) is 0 Å². The van der Waals surface area contributed by atoms with Crippen molar-refractivity contribution in [2.24, 2.45) is 0 Å². The second-order valence-corrected chi connectivity index (χ2v) is 27.1. The zero-order valence-electron chi connectivity index (χ0n) is 14.6. The van der Waals surface area contributed by atoms with Crippen molar-refractivity contribution in [2.75, 3.05) is 0 Å². The molecule has 0 saturated carbocycles. The van der Waals surface area contributed by atoms with E-state index in [4.69, 9.17) is 12.3 Å². The molecule has 0 aliphatic rings. The van der Waals surface area contributed by atoms with Crippen LogP contribution in [0.15, 0.2) is 0 Å². The fourth-order valence-electron chi connectivity index (χ4n) is 2.36. The molecule has 0 radical (unpaired) electrons. The van der Waals surface area contributed by atoms with Gasteiger partial charge >= 0.3 is 0 Å². The SMILES string of the molecule is C[SiH](C[Si](C)(C)O[SiH](C)O[Si](C)(C)C)O[Si](C)(C)C. The monoisotopic (exact) mass is 354 g/mol. The molecule has 0 rings (SSSR count). The molecule has 0 aromatic heterocycles. The van der Waals surface area contributed by atoms with E-state index in [2.05, 4.69) is 65.5 Å². The van der Waals surface area contributed by atoms with Gasteiger partial charge in [-0.25, -0.2) is 0 Å². The highest BCUT2D eigenvalue weighted by molar-refractivity contribution is 6.89. The summed E-state index contributed by atoms with van der Waals surface area (Å²) in [5, 5.41) is 0. The summed E-state index contributed by atoms with van der Waals surface area (Å²) < 4.78 is 18.8. The summed E-state index contributed by atoms with van der Waals surface area (Å²) in [7, 11) is -7.00. The topological polar surface area (TPSA) is 27.7 Å². The summed E-state index contributed by atoms with van der Waals surface area (Å²) in [5.41, 5.74) is 1.20. The Hall–Kier alpha value is 0.964. The molecule has 19 heavy (non-hydrogen) atoms. The lowest BCUT2D eigenvalue weighted by atomic mass is 11.8. The van der Waals surface area contributed by atoms with Crippen LogP contribution in [0, 0.1) is 0 Å². The Bertz CT molecular complexity index is 246. The molecule has 0 saturated heterocycles. The van der Waals surface area contributed by atoms with Gasteiger partial charge in [-0.15, -0.1) is 0 Å². The predicted molar refractivity (Wildman–Crippen MR) is 98.3 cm³/mol. The van der Waals surface area contributed by atoms with Crippen LogP contribution in [0.2, 0.25) is 71.1 Å². The van der Waals surface area contributed by atoms with Crippen LogP contribution in [0.3, 0.4) is 0 Å². The third-order valence-electron chi connectivity index (χ3n) is 2.34. The van der Waals surface area contributed by atoms with Gasteiger partial charge in [-0.2, -0.15) is 0 Å². The van der Waals surface area contributed by atoms with E-state index >= 15 is 0 Å². The molecule has 0 amide bonds.